The quantitative estimate of drug-likeness (QED) is 0.839. The molecular weight excluding hydrogens is 218 g/mol. The van der Waals surface area contributed by atoms with E-state index in [1.54, 1.807) is 12.1 Å². The Bertz CT molecular complexity index is 402. The van der Waals surface area contributed by atoms with Gasteiger partial charge in [-0.2, -0.15) is 0 Å². The van der Waals surface area contributed by atoms with E-state index >= 15 is 0 Å². The fourth-order valence-electron chi connectivity index (χ4n) is 2.66. The zero-order valence-electron chi connectivity index (χ0n) is 9.84. The second-order valence-corrected chi connectivity index (χ2v) is 4.66. The number of phenols is 1. The van der Waals surface area contributed by atoms with Gasteiger partial charge in [0.25, 0.3) is 0 Å². The van der Waals surface area contributed by atoms with E-state index in [2.05, 4.69) is 4.90 Å². The van der Waals surface area contributed by atoms with Crippen LogP contribution in [0.1, 0.15) is 24.4 Å². The van der Waals surface area contributed by atoms with Gasteiger partial charge in [-0.1, -0.05) is 12.1 Å². The fraction of sp³-hybridized carbons (Fsp3) is 0.462. The molecule has 1 aliphatic heterocycles. The average molecular weight is 235 g/mol. The van der Waals surface area contributed by atoms with Crippen molar-refractivity contribution in [3.8, 4) is 5.75 Å². The molecule has 1 aliphatic rings. The molecule has 0 radical (unpaired) electrons. The molecule has 1 fully saturated rings. The molecule has 0 bridgehead atoms. The van der Waals surface area contributed by atoms with Crippen molar-refractivity contribution in [3.05, 3.63) is 29.8 Å². The summed E-state index contributed by atoms with van der Waals surface area (Å²) in [5, 5.41) is 18.2. The largest absolute Gasteiger partial charge is 0.508 e. The van der Waals surface area contributed by atoms with Gasteiger partial charge in [-0.15, -0.1) is 0 Å². The minimum atomic E-state index is -0.742. The van der Waals surface area contributed by atoms with Crippen molar-refractivity contribution in [3.63, 3.8) is 0 Å². The van der Waals surface area contributed by atoms with Crippen LogP contribution in [0.4, 0.5) is 0 Å². The Morgan fingerprint density at radius 2 is 2.06 bits per heavy atom. The number of carbonyl (C=O) groups is 1. The van der Waals surface area contributed by atoms with Crippen molar-refractivity contribution in [2.24, 2.45) is 5.92 Å². The average Bonchev–Trinajstić information content (AvgIpc) is 2.61. The predicted octanol–water partition coefficient (Wildman–Crippen LogP) is 1.86. The van der Waals surface area contributed by atoms with E-state index in [1.165, 1.54) is 0 Å². The maximum atomic E-state index is 10.8. The summed E-state index contributed by atoms with van der Waals surface area (Å²) in [6.07, 6.45) is 1.12. The molecule has 2 N–H and O–H groups in total. The lowest BCUT2D eigenvalue weighted by Crippen LogP contribution is -2.22. The first-order chi connectivity index (χ1) is 8.08. The summed E-state index contributed by atoms with van der Waals surface area (Å²) >= 11 is 0. The Hall–Kier alpha value is -1.55. The highest BCUT2D eigenvalue weighted by Gasteiger charge is 2.34. The van der Waals surface area contributed by atoms with Gasteiger partial charge in [0.15, 0.2) is 0 Å². The van der Waals surface area contributed by atoms with E-state index in [4.69, 9.17) is 5.11 Å². The molecule has 92 valence electrons. The smallest absolute Gasteiger partial charge is 0.303 e. The molecular formula is C13H17NO3. The minimum Gasteiger partial charge on any atom is -0.508 e. The van der Waals surface area contributed by atoms with E-state index in [-0.39, 0.29) is 24.1 Å². The number of hydrogen-bond donors (Lipinski definition) is 2. The molecule has 4 heteroatoms. The monoisotopic (exact) mass is 235 g/mol. The molecule has 1 aromatic carbocycles. The second kappa shape index (κ2) is 4.75. The van der Waals surface area contributed by atoms with Gasteiger partial charge in [0.05, 0.1) is 6.42 Å². The lowest BCUT2D eigenvalue weighted by Gasteiger charge is -2.24. The van der Waals surface area contributed by atoms with Crippen LogP contribution < -0.4 is 0 Å². The third-order valence-electron chi connectivity index (χ3n) is 3.45. The van der Waals surface area contributed by atoms with E-state index in [0.29, 0.717) is 0 Å². The van der Waals surface area contributed by atoms with Crippen molar-refractivity contribution in [2.45, 2.75) is 18.9 Å². The summed E-state index contributed by atoms with van der Waals surface area (Å²) in [5.74, 6) is -0.347. The number of likely N-dealkylation sites (tertiary alicyclic amines) is 1. The van der Waals surface area contributed by atoms with Crippen LogP contribution in [-0.4, -0.2) is 34.7 Å². The first-order valence-corrected chi connectivity index (χ1v) is 5.79. The van der Waals surface area contributed by atoms with Crippen molar-refractivity contribution >= 4 is 5.97 Å². The van der Waals surface area contributed by atoms with E-state index in [9.17, 15) is 9.90 Å². The van der Waals surface area contributed by atoms with Crippen LogP contribution >= 0.6 is 0 Å². The van der Waals surface area contributed by atoms with Crippen molar-refractivity contribution in [1.82, 2.24) is 4.90 Å². The number of nitrogens with zero attached hydrogens (tertiary/aromatic N) is 1. The van der Waals surface area contributed by atoms with Gasteiger partial charge in [-0.3, -0.25) is 9.69 Å². The number of aliphatic carboxylic acids is 1. The maximum absolute atomic E-state index is 10.8. The molecule has 1 aromatic rings. The van der Waals surface area contributed by atoms with Gasteiger partial charge in [0, 0.05) is 6.04 Å². The summed E-state index contributed by atoms with van der Waals surface area (Å²) in [6, 6.07) is 7.19. The Labute approximate surface area is 100 Å². The molecule has 1 heterocycles. The first kappa shape index (κ1) is 11.9. The van der Waals surface area contributed by atoms with Gasteiger partial charge in [0.1, 0.15) is 5.75 Å². The van der Waals surface area contributed by atoms with Gasteiger partial charge < -0.3 is 10.2 Å². The van der Waals surface area contributed by atoms with Crippen molar-refractivity contribution < 1.29 is 15.0 Å². The van der Waals surface area contributed by atoms with Crippen LogP contribution in [-0.2, 0) is 4.79 Å². The first-order valence-electron chi connectivity index (χ1n) is 5.79. The molecule has 2 atom stereocenters. The highest BCUT2D eigenvalue weighted by molar-refractivity contribution is 5.67. The molecule has 17 heavy (non-hydrogen) atoms. The van der Waals surface area contributed by atoms with Gasteiger partial charge in [-0.25, -0.2) is 0 Å². The van der Waals surface area contributed by atoms with E-state index in [1.807, 2.05) is 19.2 Å². The lowest BCUT2D eigenvalue weighted by atomic mass is 9.91. The van der Waals surface area contributed by atoms with Crippen molar-refractivity contribution in [2.75, 3.05) is 13.6 Å². The topological polar surface area (TPSA) is 60.8 Å². The van der Waals surface area contributed by atoms with E-state index in [0.717, 1.165) is 18.5 Å². The molecule has 0 amide bonds. The summed E-state index contributed by atoms with van der Waals surface area (Å²) in [6.45, 7) is 0.920. The van der Waals surface area contributed by atoms with Gasteiger partial charge in [-0.05, 0) is 43.6 Å². The summed E-state index contributed by atoms with van der Waals surface area (Å²) in [7, 11) is 2.01. The van der Waals surface area contributed by atoms with Crippen LogP contribution in [0.5, 0.6) is 5.75 Å². The molecule has 2 unspecified atom stereocenters. The minimum absolute atomic E-state index is 0.145. The Balaban J connectivity index is 2.21. The maximum Gasteiger partial charge on any atom is 0.303 e. The summed E-state index contributed by atoms with van der Waals surface area (Å²) in [4.78, 5) is 13.0. The molecule has 0 spiro atoms. The SMILES string of the molecule is CN1CCC(CC(=O)O)C1c1ccc(O)cc1. The van der Waals surface area contributed by atoms with Crippen LogP contribution in [0.3, 0.4) is 0 Å². The third kappa shape index (κ3) is 2.58. The summed E-state index contributed by atoms with van der Waals surface area (Å²) in [5.41, 5.74) is 1.08. The molecule has 1 saturated heterocycles. The molecule has 4 nitrogen and oxygen atoms in total. The zero-order chi connectivity index (χ0) is 12.4. The number of carboxylic acid groups (broad SMARTS) is 1. The molecule has 0 aromatic heterocycles. The molecule has 0 saturated carbocycles. The number of phenolic OH excluding ortho intramolecular Hbond substituents is 1. The number of hydrogen-bond acceptors (Lipinski definition) is 3. The Morgan fingerprint density at radius 1 is 1.41 bits per heavy atom. The van der Waals surface area contributed by atoms with Crippen LogP contribution in [0.25, 0.3) is 0 Å². The number of rotatable bonds is 3. The number of benzene rings is 1. The normalized spacial score (nSPS) is 25.0. The van der Waals surface area contributed by atoms with Crippen LogP contribution in [0, 0.1) is 5.92 Å². The third-order valence-corrected chi connectivity index (χ3v) is 3.45. The highest BCUT2D eigenvalue weighted by Crippen LogP contribution is 2.38. The molecule has 0 aliphatic carbocycles. The molecule has 2 rings (SSSR count). The van der Waals surface area contributed by atoms with Gasteiger partial charge >= 0.3 is 5.97 Å². The second-order valence-electron chi connectivity index (χ2n) is 4.66. The van der Waals surface area contributed by atoms with Crippen molar-refractivity contribution in [1.29, 1.82) is 0 Å². The Kier molecular flexibility index (Phi) is 3.33. The lowest BCUT2D eigenvalue weighted by molar-refractivity contribution is -0.138. The van der Waals surface area contributed by atoms with Gasteiger partial charge in [0.2, 0.25) is 0 Å². The van der Waals surface area contributed by atoms with Crippen LogP contribution in [0.2, 0.25) is 0 Å². The fourth-order valence-corrected chi connectivity index (χ4v) is 2.66. The summed E-state index contributed by atoms with van der Waals surface area (Å²) < 4.78 is 0. The van der Waals surface area contributed by atoms with E-state index < -0.39 is 5.97 Å². The zero-order valence-corrected chi connectivity index (χ0v) is 9.84. The Morgan fingerprint density at radius 3 is 2.65 bits per heavy atom. The number of carboxylic acids is 1. The number of aromatic hydroxyl groups is 1. The van der Waals surface area contributed by atoms with Crippen LogP contribution in [0.15, 0.2) is 24.3 Å². The highest BCUT2D eigenvalue weighted by atomic mass is 16.4. The predicted molar refractivity (Wildman–Crippen MR) is 63.8 cm³/mol. The standard InChI is InChI=1S/C13H17NO3/c1-14-7-6-10(8-12(16)17)13(14)9-2-4-11(15)5-3-9/h2-5,10,13,15H,6-8H2,1H3,(H,16,17).